The Morgan fingerprint density at radius 1 is 1.32 bits per heavy atom. The highest BCUT2D eigenvalue weighted by Crippen LogP contribution is 2.41. The summed E-state index contributed by atoms with van der Waals surface area (Å²) in [6.45, 7) is 1.99. The fraction of sp³-hybridized carbons (Fsp3) is 0.267. The number of halogens is 1. The first kappa shape index (κ1) is 12.3. The van der Waals surface area contributed by atoms with Crippen molar-refractivity contribution in [2.75, 3.05) is 0 Å². The highest BCUT2D eigenvalue weighted by Gasteiger charge is 2.30. The van der Waals surface area contributed by atoms with Crippen LogP contribution in [0, 0.1) is 6.92 Å². The minimum Gasteiger partial charge on any atom is -0.477 e. The van der Waals surface area contributed by atoms with Crippen molar-refractivity contribution in [3.05, 3.63) is 46.6 Å². The number of aromatic nitrogens is 1. The molecule has 3 nitrogen and oxygen atoms in total. The summed E-state index contributed by atoms with van der Waals surface area (Å²) in [5, 5.41) is 9.97. The predicted octanol–water partition coefficient (Wildman–Crippen LogP) is 4.15. The van der Waals surface area contributed by atoms with Crippen molar-refractivity contribution >= 4 is 17.6 Å². The molecule has 1 aromatic heterocycles. The van der Waals surface area contributed by atoms with E-state index in [-0.39, 0.29) is 0 Å². The molecule has 98 valence electrons. The Hall–Kier alpha value is -1.74. The molecule has 4 heteroatoms. The molecule has 1 N–H and O–H groups in total. The molecule has 1 heterocycles. The molecule has 1 aliphatic carbocycles. The van der Waals surface area contributed by atoms with E-state index in [0.29, 0.717) is 16.8 Å². The Labute approximate surface area is 116 Å². The zero-order valence-electron chi connectivity index (χ0n) is 10.6. The van der Waals surface area contributed by atoms with Crippen molar-refractivity contribution < 1.29 is 9.90 Å². The summed E-state index contributed by atoms with van der Waals surface area (Å²) in [6, 6.07) is 9.60. The number of hydrogen-bond acceptors (Lipinski definition) is 1. The van der Waals surface area contributed by atoms with E-state index >= 15 is 0 Å². The number of aromatic carboxylic acids is 1. The number of carboxylic acids is 1. The van der Waals surface area contributed by atoms with E-state index in [1.165, 1.54) is 0 Å². The van der Waals surface area contributed by atoms with Crippen LogP contribution in [0.5, 0.6) is 0 Å². The maximum atomic E-state index is 11.3. The van der Waals surface area contributed by atoms with E-state index in [4.69, 9.17) is 11.6 Å². The van der Waals surface area contributed by atoms with Gasteiger partial charge in [0.15, 0.2) is 0 Å². The van der Waals surface area contributed by atoms with Gasteiger partial charge in [-0.2, -0.15) is 0 Å². The molecule has 19 heavy (non-hydrogen) atoms. The Kier molecular flexibility index (Phi) is 2.86. The minimum atomic E-state index is -0.871. The molecular formula is C15H14ClNO2. The van der Waals surface area contributed by atoms with Gasteiger partial charge >= 0.3 is 5.97 Å². The van der Waals surface area contributed by atoms with E-state index in [1.54, 1.807) is 6.07 Å². The molecule has 0 spiro atoms. The Morgan fingerprint density at radius 2 is 2.05 bits per heavy atom. The highest BCUT2D eigenvalue weighted by molar-refractivity contribution is 6.30. The van der Waals surface area contributed by atoms with Crippen LogP contribution in [0.15, 0.2) is 30.3 Å². The average Bonchev–Trinajstić information content (AvgIpc) is 3.08. The number of carboxylic acid groups (broad SMARTS) is 1. The van der Waals surface area contributed by atoms with Crippen molar-refractivity contribution in [2.24, 2.45) is 0 Å². The fourth-order valence-corrected chi connectivity index (χ4v) is 2.71. The van der Waals surface area contributed by atoms with Gasteiger partial charge in [-0.3, -0.25) is 0 Å². The van der Waals surface area contributed by atoms with Crippen LogP contribution >= 0.6 is 11.6 Å². The lowest BCUT2D eigenvalue weighted by Gasteiger charge is -2.12. The van der Waals surface area contributed by atoms with Gasteiger partial charge in [-0.15, -0.1) is 0 Å². The van der Waals surface area contributed by atoms with Crippen LogP contribution in [0.3, 0.4) is 0 Å². The van der Waals surface area contributed by atoms with Crippen LogP contribution in [-0.4, -0.2) is 15.6 Å². The number of rotatable bonds is 3. The van der Waals surface area contributed by atoms with Gasteiger partial charge in [-0.1, -0.05) is 17.7 Å². The van der Waals surface area contributed by atoms with Crippen LogP contribution in [0.1, 0.15) is 34.9 Å². The van der Waals surface area contributed by atoms with Gasteiger partial charge in [0, 0.05) is 22.3 Å². The Morgan fingerprint density at radius 3 is 2.63 bits per heavy atom. The molecule has 1 saturated carbocycles. The predicted molar refractivity (Wildman–Crippen MR) is 74.8 cm³/mol. The second-order valence-electron chi connectivity index (χ2n) is 4.97. The molecule has 0 atom stereocenters. The number of hydrogen-bond donors (Lipinski definition) is 1. The third-order valence-electron chi connectivity index (χ3n) is 3.51. The van der Waals surface area contributed by atoms with Crippen molar-refractivity contribution in [2.45, 2.75) is 25.8 Å². The standard InChI is InChI=1S/C15H14ClNO2/c1-9-8-10(16)2-5-12(9)13-6-7-14(15(18)19)17(13)11-3-4-11/h2,5-8,11H,3-4H2,1H3,(H,18,19). The summed E-state index contributed by atoms with van der Waals surface area (Å²) in [5.41, 5.74) is 3.44. The lowest BCUT2D eigenvalue weighted by atomic mass is 10.1. The maximum absolute atomic E-state index is 11.3. The van der Waals surface area contributed by atoms with Crippen LogP contribution in [0.4, 0.5) is 0 Å². The van der Waals surface area contributed by atoms with E-state index in [2.05, 4.69) is 0 Å². The van der Waals surface area contributed by atoms with Crippen LogP contribution in [0.25, 0.3) is 11.3 Å². The summed E-state index contributed by atoms with van der Waals surface area (Å²) in [6.07, 6.45) is 2.10. The third kappa shape index (κ3) is 2.15. The van der Waals surface area contributed by atoms with Crippen LogP contribution < -0.4 is 0 Å². The SMILES string of the molecule is Cc1cc(Cl)ccc1-c1ccc(C(=O)O)n1C1CC1. The van der Waals surface area contributed by atoms with Crippen molar-refractivity contribution in [1.29, 1.82) is 0 Å². The van der Waals surface area contributed by atoms with E-state index < -0.39 is 5.97 Å². The summed E-state index contributed by atoms with van der Waals surface area (Å²) in [7, 11) is 0. The first-order valence-corrected chi connectivity index (χ1v) is 6.67. The van der Waals surface area contributed by atoms with Gasteiger partial charge < -0.3 is 9.67 Å². The molecule has 0 saturated heterocycles. The van der Waals surface area contributed by atoms with Crippen LogP contribution in [0.2, 0.25) is 5.02 Å². The molecule has 1 aromatic carbocycles. The van der Waals surface area contributed by atoms with Gasteiger partial charge in [-0.05, 0) is 49.6 Å². The fourth-order valence-electron chi connectivity index (χ4n) is 2.48. The van der Waals surface area contributed by atoms with Gasteiger partial charge in [0.25, 0.3) is 0 Å². The topological polar surface area (TPSA) is 42.2 Å². The second-order valence-corrected chi connectivity index (χ2v) is 5.41. The molecule has 3 rings (SSSR count). The van der Waals surface area contributed by atoms with Gasteiger partial charge in [0.2, 0.25) is 0 Å². The second kappa shape index (κ2) is 4.42. The van der Waals surface area contributed by atoms with Crippen molar-refractivity contribution in [3.63, 3.8) is 0 Å². The maximum Gasteiger partial charge on any atom is 0.352 e. The zero-order chi connectivity index (χ0) is 13.6. The summed E-state index contributed by atoms with van der Waals surface area (Å²) in [5.74, 6) is -0.871. The molecule has 2 aromatic rings. The summed E-state index contributed by atoms with van der Waals surface area (Å²) >= 11 is 5.97. The molecule has 0 bridgehead atoms. The number of aryl methyl sites for hydroxylation is 1. The van der Waals surface area contributed by atoms with Crippen molar-refractivity contribution in [1.82, 2.24) is 4.57 Å². The highest BCUT2D eigenvalue weighted by atomic mass is 35.5. The smallest absolute Gasteiger partial charge is 0.352 e. The largest absolute Gasteiger partial charge is 0.477 e. The Balaban J connectivity index is 2.17. The lowest BCUT2D eigenvalue weighted by molar-refractivity contribution is 0.0685. The molecule has 1 aliphatic rings. The minimum absolute atomic E-state index is 0.325. The molecule has 0 unspecified atom stereocenters. The van der Waals surface area contributed by atoms with Crippen LogP contribution in [-0.2, 0) is 0 Å². The molecular weight excluding hydrogens is 262 g/mol. The summed E-state index contributed by atoms with van der Waals surface area (Å²) < 4.78 is 1.94. The van der Waals surface area contributed by atoms with Crippen molar-refractivity contribution in [3.8, 4) is 11.3 Å². The average molecular weight is 276 g/mol. The van der Waals surface area contributed by atoms with Gasteiger partial charge in [0.05, 0.1) is 0 Å². The van der Waals surface area contributed by atoms with E-state index in [1.807, 2.05) is 35.8 Å². The van der Waals surface area contributed by atoms with E-state index in [9.17, 15) is 9.90 Å². The lowest BCUT2D eigenvalue weighted by Crippen LogP contribution is -2.08. The number of nitrogens with zero attached hydrogens (tertiary/aromatic N) is 1. The first-order chi connectivity index (χ1) is 9.08. The number of benzene rings is 1. The Bertz CT molecular complexity index is 656. The molecule has 0 amide bonds. The zero-order valence-corrected chi connectivity index (χ0v) is 11.3. The van der Waals surface area contributed by atoms with Gasteiger partial charge in [-0.25, -0.2) is 4.79 Å². The normalized spacial score (nSPS) is 14.6. The van der Waals surface area contributed by atoms with Gasteiger partial charge in [0.1, 0.15) is 5.69 Å². The van der Waals surface area contributed by atoms with E-state index in [0.717, 1.165) is 29.7 Å². The summed E-state index contributed by atoms with van der Waals surface area (Å²) in [4.78, 5) is 11.3. The monoisotopic (exact) mass is 275 g/mol. The molecule has 1 fully saturated rings. The third-order valence-corrected chi connectivity index (χ3v) is 3.75. The molecule has 0 radical (unpaired) electrons. The number of carbonyl (C=O) groups is 1. The first-order valence-electron chi connectivity index (χ1n) is 6.29. The quantitative estimate of drug-likeness (QED) is 0.914. The molecule has 0 aliphatic heterocycles.